The second-order valence-corrected chi connectivity index (χ2v) is 5.80. The van der Waals surface area contributed by atoms with E-state index in [4.69, 9.17) is 0 Å². The zero-order valence-electron chi connectivity index (χ0n) is 9.15. The van der Waals surface area contributed by atoms with Crippen molar-refractivity contribution in [2.75, 3.05) is 5.33 Å². The smallest absolute Gasteiger partial charge is 0.00827 e. The van der Waals surface area contributed by atoms with Crippen LogP contribution in [0.15, 0.2) is 0 Å². The van der Waals surface area contributed by atoms with Crippen molar-refractivity contribution >= 4 is 15.9 Å². The van der Waals surface area contributed by atoms with Gasteiger partial charge in [0.25, 0.3) is 0 Å². The molecule has 0 saturated carbocycles. The van der Waals surface area contributed by atoms with E-state index >= 15 is 0 Å². The maximum atomic E-state index is 3.57. The first-order chi connectivity index (χ1) is 5.37. The van der Waals surface area contributed by atoms with E-state index in [2.05, 4.69) is 50.5 Å². The molecule has 0 aromatic heterocycles. The summed E-state index contributed by atoms with van der Waals surface area (Å²) in [5.74, 6) is 1.70. The van der Waals surface area contributed by atoms with Gasteiger partial charge in [-0.3, -0.25) is 0 Å². The number of halogens is 1. The molecule has 0 radical (unpaired) electrons. The molecule has 0 nitrogen and oxygen atoms in total. The standard InChI is InChI=1S/C11H23Br/c1-9(2)6-10(3)7-11(4,5)8-12/h9-10H,6-8H2,1-5H3. The van der Waals surface area contributed by atoms with Crippen molar-refractivity contribution in [2.45, 2.75) is 47.5 Å². The summed E-state index contributed by atoms with van der Waals surface area (Å²) in [6.07, 6.45) is 2.69. The number of alkyl halides is 1. The first kappa shape index (κ1) is 12.5. The van der Waals surface area contributed by atoms with E-state index < -0.39 is 0 Å². The average Bonchev–Trinajstić information content (AvgIpc) is 1.84. The molecule has 0 N–H and O–H groups in total. The molecule has 0 aromatic carbocycles. The van der Waals surface area contributed by atoms with Crippen molar-refractivity contribution in [3.8, 4) is 0 Å². The Balaban J connectivity index is 3.75. The zero-order valence-corrected chi connectivity index (χ0v) is 10.7. The van der Waals surface area contributed by atoms with Crippen LogP contribution in [-0.4, -0.2) is 5.33 Å². The summed E-state index contributed by atoms with van der Waals surface area (Å²) in [6, 6.07) is 0. The average molecular weight is 235 g/mol. The van der Waals surface area contributed by atoms with Gasteiger partial charge in [0.1, 0.15) is 0 Å². The van der Waals surface area contributed by atoms with Crippen LogP contribution in [0, 0.1) is 17.3 Å². The quantitative estimate of drug-likeness (QED) is 0.616. The molecule has 0 aromatic rings. The van der Waals surface area contributed by atoms with Gasteiger partial charge in [0, 0.05) is 5.33 Å². The Bertz CT molecular complexity index is 116. The highest BCUT2D eigenvalue weighted by molar-refractivity contribution is 9.09. The molecule has 0 spiro atoms. The third-order valence-electron chi connectivity index (χ3n) is 2.14. The van der Waals surface area contributed by atoms with E-state index in [-0.39, 0.29) is 0 Å². The van der Waals surface area contributed by atoms with Crippen LogP contribution < -0.4 is 0 Å². The summed E-state index contributed by atoms with van der Waals surface area (Å²) < 4.78 is 0. The Hall–Kier alpha value is 0.480. The zero-order chi connectivity index (χ0) is 9.78. The first-order valence-electron chi connectivity index (χ1n) is 4.93. The van der Waals surface area contributed by atoms with Crippen LogP contribution in [0.5, 0.6) is 0 Å². The van der Waals surface area contributed by atoms with Gasteiger partial charge < -0.3 is 0 Å². The third-order valence-corrected chi connectivity index (χ3v) is 3.65. The van der Waals surface area contributed by atoms with E-state index in [1.54, 1.807) is 0 Å². The number of rotatable bonds is 5. The topological polar surface area (TPSA) is 0 Å². The summed E-state index contributed by atoms with van der Waals surface area (Å²) in [7, 11) is 0. The molecule has 1 unspecified atom stereocenters. The van der Waals surface area contributed by atoms with Gasteiger partial charge in [-0.25, -0.2) is 0 Å². The molecule has 12 heavy (non-hydrogen) atoms. The van der Waals surface area contributed by atoms with E-state index in [1.807, 2.05) is 0 Å². The first-order valence-corrected chi connectivity index (χ1v) is 6.05. The molecule has 0 saturated heterocycles. The van der Waals surface area contributed by atoms with Gasteiger partial charge in [0.05, 0.1) is 0 Å². The molecule has 0 aliphatic rings. The van der Waals surface area contributed by atoms with Gasteiger partial charge in [0.15, 0.2) is 0 Å². The Morgan fingerprint density at radius 1 is 1.17 bits per heavy atom. The SMILES string of the molecule is CC(C)CC(C)CC(C)(C)CBr. The minimum atomic E-state index is 0.467. The maximum absolute atomic E-state index is 3.57. The second-order valence-electron chi connectivity index (χ2n) is 5.24. The lowest BCUT2D eigenvalue weighted by atomic mass is 9.82. The van der Waals surface area contributed by atoms with Gasteiger partial charge in [-0.2, -0.15) is 0 Å². The largest absolute Gasteiger partial charge is 0.0922 e. The molecular formula is C11H23Br. The van der Waals surface area contributed by atoms with Gasteiger partial charge in [-0.1, -0.05) is 50.5 Å². The van der Waals surface area contributed by atoms with E-state index in [1.165, 1.54) is 12.8 Å². The molecule has 0 fully saturated rings. The van der Waals surface area contributed by atoms with Crippen molar-refractivity contribution in [3.63, 3.8) is 0 Å². The molecule has 0 heterocycles. The van der Waals surface area contributed by atoms with Crippen molar-refractivity contribution < 1.29 is 0 Å². The van der Waals surface area contributed by atoms with Crippen LogP contribution in [0.2, 0.25) is 0 Å². The molecule has 74 valence electrons. The maximum Gasteiger partial charge on any atom is 0.00827 e. The third kappa shape index (κ3) is 6.05. The fraction of sp³-hybridized carbons (Fsp3) is 1.00. The molecule has 0 rings (SSSR count). The summed E-state index contributed by atoms with van der Waals surface area (Å²) in [5, 5.41) is 1.11. The molecule has 0 amide bonds. The Kier molecular flexibility index (Phi) is 5.47. The predicted molar refractivity (Wildman–Crippen MR) is 60.8 cm³/mol. The summed E-state index contributed by atoms with van der Waals surface area (Å²) in [5.41, 5.74) is 0.467. The highest BCUT2D eigenvalue weighted by Gasteiger charge is 2.19. The fourth-order valence-electron chi connectivity index (χ4n) is 1.89. The molecule has 0 aliphatic carbocycles. The lowest BCUT2D eigenvalue weighted by Gasteiger charge is -2.26. The van der Waals surface area contributed by atoms with Crippen molar-refractivity contribution in [1.29, 1.82) is 0 Å². The Labute approximate surface area is 86.3 Å². The minimum absolute atomic E-state index is 0.467. The van der Waals surface area contributed by atoms with Crippen LogP contribution in [0.25, 0.3) is 0 Å². The summed E-state index contributed by atoms with van der Waals surface area (Å²) >= 11 is 3.57. The van der Waals surface area contributed by atoms with Crippen LogP contribution in [0.1, 0.15) is 47.5 Å². The Morgan fingerprint density at radius 2 is 1.67 bits per heavy atom. The molecule has 1 atom stereocenters. The van der Waals surface area contributed by atoms with Gasteiger partial charge in [-0.15, -0.1) is 0 Å². The summed E-state index contributed by atoms with van der Waals surface area (Å²) in [6.45, 7) is 11.6. The molecule has 0 aliphatic heterocycles. The molecule has 0 bridgehead atoms. The minimum Gasteiger partial charge on any atom is -0.0922 e. The highest BCUT2D eigenvalue weighted by Crippen LogP contribution is 2.30. The van der Waals surface area contributed by atoms with Crippen LogP contribution in [0.4, 0.5) is 0 Å². The van der Waals surface area contributed by atoms with E-state index in [0.717, 1.165) is 17.2 Å². The van der Waals surface area contributed by atoms with Crippen LogP contribution >= 0.6 is 15.9 Å². The van der Waals surface area contributed by atoms with Crippen LogP contribution in [-0.2, 0) is 0 Å². The number of hydrogen-bond acceptors (Lipinski definition) is 0. The van der Waals surface area contributed by atoms with E-state index in [0.29, 0.717) is 5.41 Å². The lowest BCUT2D eigenvalue weighted by Crippen LogP contribution is -2.18. The Morgan fingerprint density at radius 3 is 2.00 bits per heavy atom. The predicted octanol–water partition coefficient (Wildman–Crippen LogP) is 4.48. The van der Waals surface area contributed by atoms with Gasteiger partial charge in [0.2, 0.25) is 0 Å². The van der Waals surface area contributed by atoms with Crippen molar-refractivity contribution in [2.24, 2.45) is 17.3 Å². The van der Waals surface area contributed by atoms with Gasteiger partial charge in [-0.05, 0) is 30.1 Å². The lowest BCUT2D eigenvalue weighted by molar-refractivity contribution is 0.285. The second kappa shape index (κ2) is 5.26. The van der Waals surface area contributed by atoms with Crippen molar-refractivity contribution in [3.05, 3.63) is 0 Å². The van der Waals surface area contributed by atoms with Gasteiger partial charge >= 0.3 is 0 Å². The van der Waals surface area contributed by atoms with Crippen molar-refractivity contribution in [1.82, 2.24) is 0 Å². The van der Waals surface area contributed by atoms with Crippen LogP contribution in [0.3, 0.4) is 0 Å². The molecule has 1 heteroatoms. The number of hydrogen-bond donors (Lipinski definition) is 0. The normalized spacial score (nSPS) is 15.2. The summed E-state index contributed by atoms with van der Waals surface area (Å²) in [4.78, 5) is 0. The molecular weight excluding hydrogens is 212 g/mol. The highest BCUT2D eigenvalue weighted by atomic mass is 79.9. The van der Waals surface area contributed by atoms with E-state index in [9.17, 15) is 0 Å². The fourth-order valence-corrected chi connectivity index (χ4v) is 2.11. The monoisotopic (exact) mass is 234 g/mol.